The van der Waals surface area contributed by atoms with Gasteiger partial charge in [0, 0.05) is 0 Å². The molecule has 0 aliphatic carbocycles. The largest absolute Gasteiger partial charge is 2.00 e. The van der Waals surface area contributed by atoms with E-state index >= 15 is 0 Å². The van der Waals surface area contributed by atoms with E-state index in [0.29, 0.717) is 0 Å². The van der Waals surface area contributed by atoms with Crippen LogP contribution in [0.2, 0.25) is 0 Å². The molecule has 3 aromatic rings. The SMILES string of the molecule is CC(=Nc1c(C)cccc1C)c1cccc(C(C)=Nc2c(C)cccc2C)n1.[Co+2]. The number of benzene rings is 2. The van der Waals surface area contributed by atoms with Crippen LogP contribution in [0.15, 0.2) is 64.6 Å². The molecule has 1 heterocycles. The Labute approximate surface area is 184 Å². The van der Waals surface area contributed by atoms with Crippen molar-refractivity contribution in [2.75, 3.05) is 0 Å². The number of para-hydroxylation sites is 2. The molecule has 0 unspecified atom stereocenters. The van der Waals surface area contributed by atoms with Gasteiger partial charge >= 0.3 is 16.8 Å². The fourth-order valence-corrected chi connectivity index (χ4v) is 3.25. The molecule has 149 valence electrons. The number of pyridine rings is 1. The number of aryl methyl sites for hydroxylation is 4. The second-order valence-electron chi connectivity index (χ2n) is 7.28. The maximum Gasteiger partial charge on any atom is 2.00 e. The smallest absolute Gasteiger partial charge is 0.251 e. The molecule has 2 aromatic carbocycles. The van der Waals surface area contributed by atoms with Crippen LogP contribution in [0, 0.1) is 27.7 Å². The summed E-state index contributed by atoms with van der Waals surface area (Å²) in [6.45, 7) is 12.4. The first kappa shape index (κ1) is 22.7. The van der Waals surface area contributed by atoms with Gasteiger partial charge < -0.3 is 0 Å². The molecule has 1 aromatic heterocycles. The van der Waals surface area contributed by atoms with Gasteiger partial charge in [0.25, 0.3) is 0 Å². The second kappa shape index (κ2) is 9.77. The standard InChI is InChI=1S/C25H27N3.Co/c1-16-10-7-11-17(2)24(16)26-20(5)22-14-9-15-23(28-22)21(6)27-25-18(3)12-8-13-19(25)4;/h7-15H,1-6H3;/q;+2. The van der Waals surface area contributed by atoms with E-state index in [4.69, 9.17) is 15.0 Å². The van der Waals surface area contributed by atoms with Gasteiger partial charge in [-0.05, 0) is 75.9 Å². The summed E-state index contributed by atoms with van der Waals surface area (Å²) in [7, 11) is 0. The van der Waals surface area contributed by atoms with Gasteiger partial charge in [-0.3, -0.25) is 9.98 Å². The summed E-state index contributed by atoms with van der Waals surface area (Å²) in [5.41, 5.74) is 10.3. The predicted octanol–water partition coefficient (Wildman–Crippen LogP) is 6.59. The monoisotopic (exact) mass is 428 g/mol. The van der Waals surface area contributed by atoms with Gasteiger partial charge in [0.05, 0.1) is 34.2 Å². The minimum absolute atomic E-state index is 0. The molecule has 0 spiro atoms. The number of aromatic nitrogens is 1. The first-order chi connectivity index (χ1) is 13.4. The van der Waals surface area contributed by atoms with Gasteiger partial charge in [-0.1, -0.05) is 42.5 Å². The molecule has 0 fully saturated rings. The number of hydrogen-bond acceptors (Lipinski definition) is 3. The third kappa shape index (κ3) is 5.28. The first-order valence-electron chi connectivity index (χ1n) is 9.57. The number of rotatable bonds is 4. The average molecular weight is 428 g/mol. The molecule has 0 aliphatic rings. The van der Waals surface area contributed by atoms with E-state index in [1.165, 1.54) is 22.3 Å². The van der Waals surface area contributed by atoms with Crippen molar-refractivity contribution < 1.29 is 16.8 Å². The Hall–Kier alpha value is -2.56. The molecule has 0 bridgehead atoms. The molecule has 0 atom stereocenters. The molecule has 3 nitrogen and oxygen atoms in total. The zero-order chi connectivity index (χ0) is 20.3. The van der Waals surface area contributed by atoms with Crippen molar-refractivity contribution in [3.05, 3.63) is 88.2 Å². The minimum Gasteiger partial charge on any atom is -0.251 e. The van der Waals surface area contributed by atoms with Gasteiger partial charge in [-0.25, -0.2) is 4.98 Å². The molecule has 29 heavy (non-hydrogen) atoms. The number of nitrogens with zero attached hydrogens (tertiary/aromatic N) is 3. The molecule has 3 rings (SSSR count). The summed E-state index contributed by atoms with van der Waals surface area (Å²) in [4.78, 5) is 14.5. The van der Waals surface area contributed by atoms with Crippen molar-refractivity contribution in [3.63, 3.8) is 0 Å². The van der Waals surface area contributed by atoms with Crippen molar-refractivity contribution in [1.29, 1.82) is 0 Å². The van der Waals surface area contributed by atoms with E-state index in [1.807, 2.05) is 32.0 Å². The molecule has 0 saturated heterocycles. The maximum absolute atomic E-state index is 4.86. The normalized spacial score (nSPS) is 11.9. The van der Waals surface area contributed by atoms with Crippen LogP contribution >= 0.6 is 0 Å². The van der Waals surface area contributed by atoms with E-state index < -0.39 is 0 Å². The molecule has 0 aliphatic heterocycles. The van der Waals surface area contributed by atoms with Crippen LogP contribution in [-0.2, 0) is 16.8 Å². The van der Waals surface area contributed by atoms with Crippen molar-refractivity contribution >= 4 is 22.8 Å². The molecule has 1 radical (unpaired) electrons. The third-order valence-electron chi connectivity index (χ3n) is 4.93. The molecular formula is C25H27CoN3+2. The zero-order valence-corrected chi connectivity index (χ0v) is 18.9. The second-order valence-corrected chi connectivity index (χ2v) is 7.28. The topological polar surface area (TPSA) is 37.6 Å². The van der Waals surface area contributed by atoms with E-state index in [2.05, 4.69) is 64.1 Å². The van der Waals surface area contributed by atoms with Crippen molar-refractivity contribution in [2.45, 2.75) is 41.5 Å². The van der Waals surface area contributed by atoms with Gasteiger partial charge in [0.15, 0.2) is 0 Å². The van der Waals surface area contributed by atoms with E-state index in [0.717, 1.165) is 34.2 Å². The Morgan fingerprint density at radius 1 is 0.586 bits per heavy atom. The average Bonchev–Trinajstić information content (AvgIpc) is 2.67. The summed E-state index contributed by atoms with van der Waals surface area (Å²) in [5.74, 6) is 0. The maximum atomic E-state index is 4.86. The van der Waals surface area contributed by atoms with Crippen molar-refractivity contribution in [3.8, 4) is 0 Å². The third-order valence-corrected chi connectivity index (χ3v) is 4.93. The van der Waals surface area contributed by atoms with Crippen LogP contribution < -0.4 is 0 Å². The van der Waals surface area contributed by atoms with Gasteiger partial charge in [-0.2, -0.15) is 0 Å². The van der Waals surface area contributed by atoms with Gasteiger partial charge in [0.2, 0.25) is 0 Å². The molecule has 0 saturated carbocycles. The molecule has 0 amide bonds. The Bertz CT molecular complexity index is 958. The van der Waals surface area contributed by atoms with Crippen LogP contribution in [0.25, 0.3) is 0 Å². The fraction of sp³-hybridized carbons (Fsp3) is 0.240. The van der Waals surface area contributed by atoms with Gasteiger partial charge in [0.1, 0.15) is 0 Å². The van der Waals surface area contributed by atoms with Crippen molar-refractivity contribution in [2.24, 2.45) is 9.98 Å². The van der Waals surface area contributed by atoms with Crippen LogP contribution in [0.3, 0.4) is 0 Å². The Morgan fingerprint density at radius 2 is 0.897 bits per heavy atom. The summed E-state index contributed by atoms with van der Waals surface area (Å²) in [5, 5.41) is 0. The molecular weight excluding hydrogens is 401 g/mol. The minimum atomic E-state index is 0. The fourth-order valence-electron chi connectivity index (χ4n) is 3.25. The Balaban J connectivity index is 0.00000300. The summed E-state index contributed by atoms with van der Waals surface area (Å²) < 4.78 is 0. The van der Waals surface area contributed by atoms with Crippen LogP contribution in [-0.4, -0.2) is 16.4 Å². The zero-order valence-electron chi connectivity index (χ0n) is 17.9. The quantitative estimate of drug-likeness (QED) is 0.432. The van der Waals surface area contributed by atoms with Crippen LogP contribution in [0.1, 0.15) is 47.5 Å². The summed E-state index contributed by atoms with van der Waals surface area (Å²) in [6.07, 6.45) is 0. The summed E-state index contributed by atoms with van der Waals surface area (Å²) in [6, 6.07) is 18.5. The predicted molar refractivity (Wildman–Crippen MR) is 120 cm³/mol. The van der Waals surface area contributed by atoms with E-state index in [9.17, 15) is 0 Å². The Kier molecular flexibility index (Phi) is 7.65. The van der Waals surface area contributed by atoms with Crippen LogP contribution in [0.5, 0.6) is 0 Å². The summed E-state index contributed by atoms with van der Waals surface area (Å²) >= 11 is 0. The number of aliphatic imine (C=N–C) groups is 2. The molecule has 0 N–H and O–H groups in total. The van der Waals surface area contributed by atoms with Gasteiger partial charge in [-0.15, -0.1) is 0 Å². The van der Waals surface area contributed by atoms with E-state index in [1.54, 1.807) is 0 Å². The van der Waals surface area contributed by atoms with E-state index in [-0.39, 0.29) is 16.8 Å². The van der Waals surface area contributed by atoms with Crippen molar-refractivity contribution in [1.82, 2.24) is 4.98 Å². The van der Waals surface area contributed by atoms with Crippen LogP contribution in [0.4, 0.5) is 11.4 Å². The first-order valence-corrected chi connectivity index (χ1v) is 9.57. The molecule has 4 heteroatoms. The Morgan fingerprint density at radius 3 is 1.24 bits per heavy atom. The number of hydrogen-bond donors (Lipinski definition) is 0.